The van der Waals surface area contributed by atoms with Crippen LogP contribution >= 0.6 is 0 Å². The van der Waals surface area contributed by atoms with E-state index in [1.54, 1.807) is 12.4 Å². The number of hydrogen-bond donors (Lipinski definition) is 1. The highest BCUT2D eigenvalue weighted by molar-refractivity contribution is 5.05. The van der Waals surface area contributed by atoms with Gasteiger partial charge >= 0.3 is 0 Å². The molecule has 0 spiro atoms. The zero-order valence-corrected chi connectivity index (χ0v) is 10.2. The maximum absolute atomic E-state index is 4.27. The standard InChI is InChI=1S/C12H17N5/c1-13-11(12-14-6-3-7-15-12)5-4-10-8-16-17(2)9-10/h3,6-9,11,13H,4-5H2,1-2H3. The van der Waals surface area contributed by atoms with Gasteiger partial charge in [0.2, 0.25) is 0 Å². The van der Waals surface area contributed by atoms with E-state index in [1.807, 2.05) is 37.2 Å². The van der Waals surface area contributed by atoms with Gasteiger partial charge in [0.15, 0.2) is 0 Å². The molecule has 0 amide bonds. The molecule has 0 aliphatic rings. The molecule has 5 nitrogen and oxygen atoms in total. The van der Waals surface area contributed by atoms with Crippen molar-refractivity contribution >= 4 is 0 Å². The monoisotopic (exact) mass is 231 g/mol. The zero-order valence-electron chi connectivity index (χ0n) is 10.2. The Labute approximate surface area is 101 Å². The zero-order chi connectivity index (χ0) is 12.1. The summed E-state index contributed by atoms with van der Waals surface area (Å²) < 4.78 is 1.82. The Hall–Kier alpha value is -1.75. The van der Waals surface area contributed by atoms with Gasteiger partial charge in [0.1, 0.15) is 5.82 Å². The molecule has 0 radical (unpaired) electrons. The van der Waals surface area contributed by atoms with Crippen molar-refractivity contribution < 1.29 is 0 Å². The van der Waals surface area contributed by atoms with Gasteiger partial charge in [-0.05, 0) is 31.5 Å². The first-order valence-electron chi connectivity index (χ1n) is 5.71. The van der Waals surface area contributed by atoms with Crippen molar-refractivity contribution in [3.63, 3.8) is 0 Å². The topological polar surface area (TPSA) is 55.6 Å². The molecule has 17 heavy (non-hydrogen) atoms. The third kappa shape index (κ3) is 3.10. The predicted octanol–water partition coefficient (Wildman–Crippen LogP) is 1.10. The highest BCUT2D eigenvalue weighted by atomic mass is 15.2. The first-order valence-corrected chi connectivity index (χ1v) is 5.71. The number of aryl methyl sites for hydroxylation is 2. The third-order valence-electron chi connectivity index (χ3n) is 2.73. The summed E-state index contributed by atoms with van der Waals surface area (Å²) >= 11 is 0. The molecule has 2 rings (SSSR count). The molecule has 1 unspecified atom stereocenters. The fourth-order valence-corrected chi connectivity index (χ4v) is 1.81. The average molecular weight is 231 g/mol. The van der Waals surface area contributed by atoms with Crippen LogP contribution in [0, 0.1) is 0 Å². The van der Waals surface area contributed by atoms with Gasteiger partial charge in [0.05, 0.1) is 12.2 Å². The quantitative estimate of drug-likeness (QED) is 0.837. The fourth-order valence-electron chi connectivity index (χ4n) is 1.81. The van der Waals surface area contributed by atoms with Gasteiger partial charge in [-0.1, -0.05) is 0 Å². The van der Waals surface area contributed by atoms with E-state index in [1.165, 1.54) is 5.56 Å². The molecule has 5 heteroatoms. The van der Waals surface area contributed by atoms with E-state index in [0.717, 1.165) is 18.7 Å². The molecule has 0 saturated heterocycles. The van der Waals surface area contributed by atoms with E-state index in [4.69, 9.17) is 0 Å². The van der Waals surface area contributed by atoms with Gasteiger partial charge in [0, 0.05) is 25.6 Å². The molecule has 0 fully saturated rings. The molecule has 0 aliphatic heterocycles. The van der Waals surface area contributed by atoms with Crippen LogP contribution < -0.4 is 5.32 Å². The second-order valence-corrected chi connectivity index (χ2v) is 4.01. The molecule has 90 valence electrons. The Morgan fingerprint density at radius 2 is 2.12 bits per heavy atom. The molecule has 2 aromatic rings. The second-order valence-electron chi connectivity index (χ2n) is 4.01. The Morgan fingerprint density at radius 3 is 2.71 bits per heavy atom. The van der Waals surface area contributed by atoms with Crippen LogP contribution in [0.15, 0.2) is 30.9 Å². The van der Waals surface area contributed by atoms with Crippen molar-refractivity contribution in [1.82, 2.24) is 25.1 Å². The van der Waals surface area contributed by atoms with E-state index in [-0.39, 0.29) is 6.04 Å². The van der Waals surface area contributed by atoms with Crippen molar-refractivity contribution in [2.24, 2.45) is 7.05 Å². The fraction of sp³-hybridized carbons (Fsp3) is 0.417. The summed E-state index contributed by atoms with van der Waals surface area (Å²) in [5.74, 6) is 0.846. The first-order chi connectivity index (χ1) is 8.29. The molecule has 0 bridgehead atoms. The van der Waals surface area contributed by atoms with Crippen LogP contribution in [0.1, 0.15) is 23.9 Å². The minimum Gasteiger partial charge on any atom is -0.310 e. The average Bonchev–Trinajstić information content (AvgIpc) is 2.77. The number of rotatable bonds is 5. The number of nitrogens with zero attached hydrogens (tertiary/aromatic N) is 4. The van der Waals surface area contributed by atoms with Crippen LogP contribution in [0.5, 0.6) is 0 Å². The molecular formula is C12H17N5. The Morgan fingerprint density at radius 1 is 1.35 bits per heavy atom. The lowest BCUT2D eigenvalue weighted by Crippen LogP contribution is -2.19. The van der Waals surface area contributed by atoms with Crippen molar-refractivity contribution in [3.8, 4) is 0 Å². The lowest BCUT2D eigenvalue weighted by atomic mass is 10.1. The van der Waals surface area contributed by atoms with E-state index in [0.29, 0.717) is 0 Å². The van der Waals surface area contributed by atoms with E-state index >= 15 is 0 Å². The Balaban J connectivity index is 1.97. The van der Waals surface area contributed by atoms with Crippen molar-refractivity contribution in [2.75, 3.05) is 7.05 Å². The van der Waals surface area contributed by atoms with Crippen molar-refractivity contribution in [2.45, 2.75) is 18.9 Å². The van der Waals surface area contributed by atoms with Gasteiger partial charge in [0.25, 0.3) is 0 Å². The predicted molar refractivity (Wildman–Crippen MR) is 65.4 cm³/mol. The number of aromatic nitrogens is 4. The van der Waals surface area contributed by atoms with Crippen molar-refractivity contribution in [1.29, 1.82) is 0 Å². The van der Waals surface area contributed by atoms with Crippen molar-refractivity contribution in [3.05, 3.63) is 42.2 Å². The lowest BCUT2D eigenvalue weighted by molar-refractivity contribution is 0.520. The highest BCUT2D eigenvalue weighted by Gasteiger charge is 2.11. The Bertz CT molecular complexity index is 451. The van der Waals surface area contributed by atoms with Crippen LogP contribution in [-0.2, 0) is 13.5 Å². The largest absolute Gasteiger partial charge is 0.310 e. The van der Waals surface area contributed by atoms with E-state index in [2.05, 4.69) is 20.4 Å². The number of hydrogen-bond acceptors (Lipinski definition) is 4. The maximum atomic E-state index is 4.27. The Kier molecular flexibility index (Phi) is 3.82. The number of nitrogens with one attached hydrogen (secondary N) is 1. The summed E-state index contributed by atoms with van der Waals surface area (Å²) in [5.41, 5.74) is 1.24. The first kappa shape index (κ1) is 11.7. The third-order valence-corrected chi connectivity index (χ3v) is 2.73. The van der Waals surface area contributed by atoms with Gasteiger partial charge < -0.3 is 5.32 Å². The molecule has 0 aromatic carbocycles. The molecule has 2 aromatic heterocycles. The van der Waals surface area contributed by atoms with Crippen LogP contribution in [0.2, 0.25) is 0 Å². The summed E-state index contributed by atoms with van der Waals surface area (Å²) in [6.07, 6.45) is 9.43. The normalized spacial score (nSPS) is 12.6. The molecule has 0 aliphatic carbocycles. The smallest absolute Gasteiger partial charge is 0.145 e. The second kappa shape index (κ2) is 5.54. The summed E-state index contributed by atoms with van der Waals surface area (Å²) in [7, 11) is 3.86. The van der Waals surface area contributed by atoms with Gasteiger partial charge in [-0.2, -0.15) is 5.10 Å². The molecule has 0 saturated carbocycles. The van der Waals surface area contributed by atoms with Gasteiger partial charge in [-0.15, -0.1) is 0 Å². The highest BCUT2D eigenvalue weighted by Crippen LogP contribution is 2.14. The molecular weight excluding hydrogens is 214 g/mol. The van der Waals surface area contributed by atoms with Crippen LogP contribution in [0.25, 0.3) is 0 Å². The maximum Gasteiger partial charge on any atom is 0.145 e. The van der Waals surface area contributed by atoms with E-state index in [9.17, 15) is 0 Å². The summed E-state index contributed by atoms with van der Waals surface area (Å²) in [4.78, 5) is 8.55. The molecule has 1 N–H and O–H groups in total. The van der Waals surface area contributed by atoms with Crippen LogP contribution in [-0.4, -0.2) is 26.8 Å². The minimum atomic E-state index is 0.191. The van der Waals surface area contributed by atoms with Crippen LogP contribution in [0.3, 0.4) is 0 Å². The van der Waals surface area contributed by atoms with Gasteiger partial charge in [-0.25, -0.2) is 9.97 Å². The minimum absolute atomic E-state index is 0.191. The summed E-state index contributed by atoms with van der Waals surface area (Å²) in [6, 6.07) is 2.02. The lowest BCUT2D eigenvalue weighted by Gasteiger charge is -2.13. The SMILES string of the molecule is CNC(CCc1cnn(C)c1)c1ncccn1. The molecule has 2 heterocycles. The van der Waals surface area contributed by atoms with Crippen LogP contribution in [0.4, 0.5) is 0 Å². The molecule has 1 atom stereocenters. The van der Waals surface area contributed by atoms with Gasteiger partial charge in [-0.3, -0.25) is 4.68 Å². The van der Waals surface area contributed by atoms with E-state index < -0.39 is 0 Å². The summed E-state index contributed by atoms with van der Waals surface area (Å²) in [6.45, 7) is 0. The summed E-state index contributed by atoms with van der Waals surface area (Å²) in [5, 5.41) is 7.40.